The van der Waals surface area contributed by atoms with Crippen molar-refractivity contribution in [2.75, 3.05) is 6.61 Å². The Morgan fingerprint density at radius 1 is 1.42 bits per heavy atom. The summed E-state index contributed by atoms with van der Waals surface area (Å²) in [5, 5.41) is 12.3. The third-order valence-corrected chi connectivity index (χ3v) is 3.88. The lowest BCUT2D eigenvalue weighted by Crippen LogP contribution is -2.44. The van der Waals surface area contributed by atoms with Gasteiger partial charge < -0.3 is 15.0 Å². The van der Waals surface area contributed by atoms with Crippen LogP contribution in [-0.2, 0) is 7.05 Å². The number of aromatic nitrogens is 1. The summed E-state index contributed by atoms with van der Waals surface area (Å²) >= 11 is 0. The molecule has 0 aliphatic heterocycles. The molecule has 0 radical (unpaired) electrons. The van der Waals surface area contributed by atoms with Gasteiger partial charge in [-0.3, -0.25) is 9.59 Å². The number of carbonyl (C=O) groups is 1. The highest BCUT2D eigenvalue weighted by molar-refractivity contribution is 5.92. The van der Waals surface area contributed by atoms with E-state index in [0.717, 1.165) is 25.7 Å². The first kappa shape index (κ1) is 13.8. The molecule has 2 atom stereocenters. The quantitative estimate of drug-likeness (QED) is 0.842. The Kier molecular flexibility index (Phi) is 4.37. The van der Waals surface area contributed by atoms with Crippen LogP contribution in [0.4, 0.5) is 0 Å². The van der Waals surface area contributed by atoms with E-state index in [9.17, 15) is 14.7 Å². The van der Waals surface area contributed by atoms with Crippen molar-refractivity contribution in [3.8, 4) is 0 Å². The van der Waals surface area contributed by atoms with Gasteiger partial charge in [-0.25, -0.2) is 0 Å². The Morgan fingerprint density at radius 2 is 2.16 bits per heavy atom. The van der Waals surface area contributed by atoms with Gasteiger partial charge in [0.2, 0.25) is 0 Å². The van der Waals surface area contributed by atoms with E-state index < -0.39 is 0 Å². The van der Waals surface area contributed by atoms with Crippen molar-refractivity contribution in [1.82, 2.24) is 9.88 Å². The summed E-state index contributed by atoms with van der Waals surface area (Å²) in [7, 11) is 1.58. The minimum atomic E-state index is -0.245. The smallest absolute Gasteiger partial charge is 0.268 e. The maximum atomic E-state index is 12.2. The van der Waals surface area contributed by atoms with E-state index in [1.165, 1.54) is 10.6 Å². The van der Waals surface area contributed by atoms with Crippen molar-refractivity contribution >= 4 is 5.91 Å². The first-order chi connectivity index (χ1) is 9.13. The number of hydrogen-bond donors (Lipinski definition) is 2. The minimum absolute atomic E-state index is 0.00144. The molecule has 2 rings (SSSR count). The number of rotatable bonds is 3. The second-order valence-corrected chi connectivity index (χ2v) is 5.12. The molecule has 1 heterocycles. The first-order valence-electron chi connectivity index (χ1n) is 6.71. The summed E-state index contributed by atoms with van der Waals surface area (Å²) in [6.07, 6.45) is 3.99. The molecular weight excluding hydrogens is 244 g/mol. The van der Waals surface area contributed by atoms with Crippen LogP contribution >= 0.6 is 0 Å². The molecule has 2 N–H and O–H groups in total. The van der Waals surface area contributed by atoms with Gasteiger partial charge in [-0.2, -0.15) is 0 Å². The van der Waals surface area contributed by atoms with Gasteiger partial charge in [-0.1, -0.05) is 18.9 Å². The topological polar surface area (TPSA) is 71.3 Å². The van der Waals surface area contributed by atoms with E-state index in [-0.39, 0.29) is 30.0 Å². The van der Waals surface area contributed by atoms with Crippen molar-refractivity contribution in [2.24, 2.45) is 13.0 Å². The summed E-state index contributed by atoms with van der Waals surface area (Å²) < 4.78 is 1.34. The first-order valence-corrected chi connectivity index (χ1v) is 6.71. The van der Waals surface area contributed by atoms with Gasteiger partial charge in [-0.15, -0.1) is 0 Å². The molecule has 5 nitrogen and oxygen atoms in total. The van der Waals surface area contributed by atoms with Gasteiger partial charge >= 0.3 is 0 Å². The monoisotopic (exact) mass is 264 g/mol. The van der Waals surface area contributed by atoms with Crippen LogP contribution in [0.2, 0.25) is 0 Å². The number of aliphatic hydroxyl groups is 1. The molecule has 19 heavy (non-hydrogen) atoms. The third-order valence-electron chi connectivity index (χ3n) is 3.88. The molecule has 0 aromatic carbocycles. The van der Waals surface area contributed by atoms with E-state index >= 15 is 0 Å². The van der Waals surface area contributed by atoms with Gasteiger partial charge in [0.15, 0.2) is 0 Å². The highest BCUT2D eigenvalue weighted by atomic mass is 16.3. The highest BCUT2D eigenvalue weighted by Gasteiger charge is 2.26. The van der Waals surface area contributed by atoms with Gasteiger partial charge in [0.1, 0.15) is 5.69 Å². The maximum absolute atomic E-state index is 12.2. The summed E-state index contributed by atoms with van der Waals surface area (Å²) in [4.78, 5) is 23.7. The number of nitrogens with one attached hydrogen (secondary N) is 1. The van der Waals surface area contributed by atoms with E-state index in [4.69, 9.17) is 0 Å². The van der Waals surface area contributed by atoms with E-state index in [1.54, 1.807) is 19.2 Å². The van der Waals surface area contributed by atoms with Crippen molar-refractivity contribution in [1.29, 1.82) is 0 Å². The molecule has 5 heteroatoms. The fourth-order valence-electron chi connectivity index (χ4n) is 2.65. The molecule has 1 aromatic rings. The number of carbonyl (C=O) groups excluding carboxylic acids is 1. The molecule has 104 valence electrons. The van der Waals surface area contributed by atoms with Crippen LogP contribution in [0.15, 0.2) is 23.0 Å². The van der Waals surface area contributed by atoms with Gasteiger partial charge in [-0.05, 0) is 18.9 Å². The van der Waals surface area contributed by atoms with Gasteiger partial charge in [0, 0.05) is 31.7 Å². The maximum Gasteiger partial charge on any atom is 0.268 e. The molecule has 1 amide bonds. The average Bonchev–Trinajstić information content (AvgIpc) is 2.42. The second-order valence-electron chi connectivity index (χ2n) is 5.12. The van der Waals surface area contributed by atoms with Crippen LogP contribution in [0.3, 0.4) is 0 Å². The molecule has 1 aliphatic rings. The fourth-order valence-corrected chi connectivity index (χ4v) is 2.65. The van der Waals surface area contributed by atoms with Crippen LogP contribution in [0.1, 0.15) is 36.2 Å². The van der Waals surface area contributed by atoms with Gasteiger partial charge in [0.25, 0.3) is 11.5 Å². The molecule has 0 bridgehead atoms. The summed E-state index contributed by atoms with van der Waals surface area (Å²) in [5.41, 5.74) is 0.157. The third kappa shape index (κ3) is 3.04. The van der Waals surface area contributed by atoms with Crippen LogP contribution in [-0.4, -0.2) is 28.2 Å². The average molecular weight is 264 g/mol. The molecule has 1 fully saturated rings. The van der Waals surface area contributed by atoms with E-state index in [2.05, 4.69) is 5.32 Å². The van der Waals surface area contributed by atoms with Crippen LogP contribution in [0, 0.1) is 5.92 Å². The minimum Gasteiger partial charge on any atom is -0.396 e. The molecular formula is C14H20N2O3. The number of amides is 1. The summed E-state index contributed by atoms with van der Waals surface area (Å²) in [6.45, 7) is 0.0959. The summed E-state index contributed by atoms with van der Waals surface area (Å²) in [5.74, 6) is -0.121. The molecule has 0 spiro atoms. The number of pyridine rings is 1. The second kappa shape index (κ2) is 6.02. The van der Waals surface area contributed by atoms with Crippen molar-refractivity contribution in [3.05, 3.63) is 34.2 Å². The van der Waals surface area contributed by atoms with Crippen LogP contribution in [0.5, 0.6) is 0 Å². The molecule has 1 aliphatic carbocycles. The van der Waals surface area contributed by atoms with Crippen LogP contribution in [0.25, 0.3) is 0 Å². The number of aliphatic hydroxyl groups excluding tert-OH is 1. The Bertz CT molecular complexity index is 510. The standard InChI is InChI=1S/C14H20N2O3/c1-16-12(7-4-8-13(16)18)14(19)15-11-6-3-2-5-10(11)9-17/h4,7-8,10-11,17H,2-3,5-6,9H2,1H3,(H,15,19). The Morgan fingerprint density at radius 3 is 2.89 bits per heavy atom. The normalized spacial score (nSPS) is 23.1. The SMILES string of the molecule is Cn1c(C(=O)NC2CCCCC2CO)cccc1=O. The summed E-state index contributed by atoms with van der Waals surface area (Å²) in [6, 6.07) is 4.64. The van der Waals surface area contributed by atoms with Crippen LogP contribution < -0.4 is 10.9 Å². The Balaban J connectivity index is 2.12. The van der Waals surface area contributed by atoms with E-state index in [1.807, 2.05) is 0 Å². The molecule has 1 saturated carbocycles. The fraction of sp³-hybridized carbons (Fsp3) is 0.571. The number of nitrogens with zero attached hydrogens (tertiary/aromatic N) is 1. The zero-order chi connectivity index (χ0) is 13.8. The number of hydrogen-bond acceptors (Lipinski definition) is 3. The molecule has 2 unspecified atom stereocenters. The van der Waals surface area contributed by atoms with Gasteiger partial charge in [0.05, 0.1) is 0 Å². The lowest BCUT2D eigenvalue weighted by atomic mass is 9.85. The Hall–Kier alpha value is -1.62. The van der Waals surface area contributed by atoms with Crippen molar-refractivity contribution in [3.63, 3.8) is 0 Å². The largest absolute Gasteiger partial charge is 0.396 e. The highest BCUT2D eigenvalue weighted by Crippen LogP contribution is 2.24. The predicted octanol–water partition coefficient (Wildman–Crippen LogP) is 0.666. The lowest BCUT2D eigenvalue weighted by molar-refractivity contribution is 0.0863. The molecule has 0 saturated heterocycles. The van der Waals surface area contributed by atoms with E-state index in [0.29, 0.717) is 5.69 Å². The lowest BCUT2D eigenvalue weighted by Gasteiger charge is -2.31. The zero-order valence-corrected chi connectivity index (χ0v) is 11.1. The Labute approximate surface area is 112 Å². The van der Waals surface area contributed by atoms with Crippen molar-refractivity contribution < 1.29 is 9.90 Å². The molecule has 1 aromatic heterocycles. The predicted molar refractivity (Wildman–Crippen MR) is 72.0 cm³/mol. The van der Waals surface area contributed by atoms with Crippen molar-refractivity contribution in [2.45, 2.75) is 31.7 Å². The zero-order valence-electron chi connectivity index (χ0n) is 11.1.